The average Bonchev–Trinajstić information content (AvgIpc) is 2.59. The van der Waals surface area contributed by atoms with Gasteiger partial charge in [-0.3, -0.25) is 9.59 Å². The van der Waals surface area contributed by atoms with E-state index in [1.165, 1.54) is 24.3 Å². The SMILES string of the molecule is Cc1ccc2c(c1)N(CCCC(=O)Nc1ccc(F)cc1)C(=O)CO2. The highest BCUT2D eigenvalue weighted by Gasteiger charge is 2.25. The first-order valence-electron chi connectivity index (χ1n) is 8.12. The maximum absolute atomic E-state index is 12.9. The summed E-state index contributed by atoms with van der Waals surface area (Å²) in [7, 11) is 0. The van der Waals surface area contributed by atoms with Crippen LogP contribution in [0.5, 0.6) is 5.75 Å². The van der Waals surface area contributed by atoms with E-state index in [2.05, 4.69) is 5.32 Å². The number of fused-ring (bicyclic) bond motifs is 1. The molecule has 0 unspecified atom stereocenters. The molecule has 130 valence electrons. The highest BCUT2D eigenvalue weighted by molar-refractivity contribution is 5.98. The van der Waals surface area contributed by atoms with Crippen LogP contribution in [-0.4, -0.2) is 25.0 Å². The first kappa shape index (κ1) is 17.0. The predicted molar refractivity (Wildman–Crippen MR) is 93.3 cm³/mol. The number of rotatable bonds is 5. The van der Waals surface area contributed by atoms with Crippen LogP contribution in [0.4, 0.5) is 15.8 Å². The highest BCUT2D eigenvalue weighted by Crippen LogP contribution is 2.32. The van der Waals surface area contributed by atoms with Gasteiger partial charge in [0.1, 0.15) is 11.6 Å². The normalized spacial score (nSPS) is 13.2. The zero-order chi connectivity index (χ0) is 17.8. The van der Waals surface area contributed by atoms with Crippen molar-refractivity contribution in [3.63, 3.8) is 0 Å². The van der Waals surface area contributed by atoms with Gasteiger partial charge in [-0.15, -0.1) is 0 Å². The third-order valence-corrected chi connectivity index (χ3v) is 3.97. The molecule has 0 aliphatic carbocycles. The van der Waals surface area contributed by atoms with Crippen molar-refractivity contribution in [1.82, 2.24) is 0 Å². The van der Waals surface area contributed by atoms with Gasteiger partial charge in [-0.05, 0) is 55.3 Å². The molecule has 0 bridgehead atoms. The van der Waals surface area contributed by atoms with Crippen molar-refractivity contribution in [2.24, 2.45) is 0 Å². The molecule has 2 amide bonds. The summed E-state index contributed by atoms with van der Waals surface area (Å²) in [5.41, 5.74) is 2.33. The monoisotopic (exact) mass is 342 g/mol. The van der Waals surface area contributed by atoms with Crippen molar-refractivity contribution in [3.05, 3.63) is 53.8 Å². The third kappa shape index (κ3) is 4.15. The number of ether oxygens (including phenoxy) is 1. The number of anilines is 2. The van der Waals surface area contributed by atoms with E-state index in [4.69, 9.17) is 4.74 Å². The van der Waals surface area contributed by atoms with Crippen molar-refractivity contribution in [2.75, 3.05) is 23.4 Å². The average molecular weight is 342 g/mol. The zero-order valence-electron chi connectivity index (χ0n) is 13.9. The molecule has 1 aliphatic heterocycles. The largest absolute Gasteiger partial charge is 0.482 e. The Bertz CT molecular complexity index is 790. The number of nitrogens with zero attached hydrogens (tertiary/aromatic N) is 1. The van der Waals surface area contributed by atoms with Gasteiger partial charge in [-0.25, -0.2) is 4.39 Å². The van der Waals surface area contributed by atoms with Crippen LogP contribution in [0.25, 0.3) is 0 Å². The van der Waals surface area contributed by atoms with Gasteiger partial charge >= 0.3 is 0 Å². The fraction of sp³-hybridized carbons (Fsp3) is 0.263. The van der Waals surface area contributed by atoms with Crippen LogP contribution >= 0.6 is 0 Å². The van der Waals surface area contributed by atoms with Gasteiger partial charge in [0.15, 0.2) is 6.61 Å². The molecule has 3 rings (SSSR count). The second-order valence-electron chi connectivity index (χ2n) is 5.96. The molecule has 0 radical (unpaired) electrons. The van der Waals surface area contributed by atoms with Gasteiger partial charge in [0.2, 0.25) is 5.91 Å². The van der Waals surface area contributed by atoms with Crippen LogP contribution in [0, 0.1) is 12.7 Å². The summed E-state index contributed by atoms with van der Waals surface area (Å²) in [6.07, 6.45) is 0.787. The molecule has 0 saturated heterocycles. The highest BCUT2D eigenvalue weighted by atomic mass is 19.1. The number of nitrogens with one attached hydrogen (secondary N) is 1. The second-order valence-corrected chi connectivity index (χ2v) is 5.96. The number of halogens is 1. The molecule has 0 atom stereocenters. The molecule has 2 aromatic rings. The summed E-state index contributed by atoms with van der Waals surface area (Å²) in [5.74, 6) is 0.0487. The molecule has 1 heterocycles. The molecular weight excluding hydrogens is 323 g/mol. The lowest BCUT2D eigenvalue weighted by atomic mass is 10.1. The summed E-state index contributed by atoms with van der Waals surface area (Å²) >= 11 is 0. The van der Waals surface area contributed by atoms with Crippen molar-refractivity contribution in [3.8, 4) is 5.75 Å². The van der Waals surface area contributed by atoms with Crippen LogP contribution in [-0.2, 0) is 9.59 Å². The predicted octanol–water partition coefficient (Wildman–Crippen LogP) is 3.28. The minimum absolute atomic E-state index is 0.0117. The number of aryl methyl sites for hydroxylation is 1. The van der Waals surface area contributed by atoms with E-state index in [9.17, 15) is 14.0 Å². The number of hydrogen-bond acceptors (Lipinski definition) is 3. The molecule has 25 heavy (non-hydrogen) atoms. The third-order valence-electron chi connectivity index (χ3n) is 3.97. The van der Waals surface area contributed by atoms with E-state index in [0.29, 0.717) is 24.4 Å². The van der Waals surface area contributed by atoms with Crippen molar-refractivity contribution in [1.29, 1.82) is 0 Å². The van der Waals surface area contributed by atoms with Gasteiger partial charge in [0.25, 0.3) is 5.91 Å². The molecule has 0 saturated carbocycles. The molecule has 1 aliphatic rings. The number of hydrogen-bond donors (Lipinski definition) is 1. The van der Waals surface area contributed by atoms with Gasteiger partial charge < -0.3 is 15.0 Å². The molecule has 0 fully saturated rings. The van der Waals surface area contributed by atoms with Gasteiger partial charge in [0.05, 0.1) is 5.69 Å². The zero-order valence-corrected chi connectivity index (χ0v) is 13.9. The van der Waals surface area contributed by atoms with E-state index in [1.54, 1.807) is 4.90 Å². The molecule has 5 nitrogen and oxygen atoms in total. The minimum Gasteiger partial charge on any atom is -0.482 e. The number of carbonyl (C=O) groups is 2. The molecular formula is C19H19FN2O3. The Hall–Kier alpha value is -2.89. The molecule has 0 spiro atoms. The maximum atomic E-state index is 12.9. The molecule has 2 aromatic carbocycles. The van der Waals surface area contributed by atoms with Gasteiger partial charge in [-0.2, -0.15) is 0 Å². The lowest BCUT2D eigenvalue weighted by Gasteiger charge is -2.29. The Balaban J connectivity index is 1.56. The van der Waals surface area contributed by atoms with Crippen LogP contribution in [0.15, 0.2) is 42.5 Å². The van der Waals surface area contributed by atoms with E-state index in [0.717, 1.165) is 11.3 Å². The van der Waals surface area contributed by atoms with Crippen molar-refractivity contribution >= 4 is 23.2 Å². The Labute approximate surface area is 145 Å². The maximum Gasteiger partial charge on any atom is 0.265 e. The Morgan fingerprint density at radius 2 is 2.00 bits per heavy atom. The van der Waals surface area contributed by atoms with Crippen LogP contribution in [0.3, 0.4) is 0 Å². The summed E-state index contributed by atoms with van der Waals surface area (Å²) in [5, 5.41) is 2.71. The summed E-state index contributed by atoms with van der Waals surface area (Å²) in [6, 6.07) is 11.3. The van der Waals surface area contributed by atoms with E-state index in [-0.39, 0.29) is 30.7 Å². The first-order valence-corrected chi connectivity index (χ1v) is 8.12. The Morgan fingerprint density at radius 3 is 2.76 bits per heavy atom. The Morgan fingerprint density at radius 1 is 1.24 bits per heavy atom. The van der Waals surface area contributed by atoms with Crippen LogP contribution in [0.1, 0.15) is 18.4 Å². The molecule has 0 aromatic heterocycles. The lowest BCUT2D eigenvalue weighted by molar-refractivity contribution is -0.121. The minimum atomic E-state index is -0.349. The topological polar surface area (TPSA) is 58.6 Å². The number of carbonyl (C=O) groups excluding carboxylic acids is 2. The number of amides is 2. The van der Waals surface area contributed by atoms with E-state index >= 15 is 0 Å². The molecule has 1 N–H and O–H groups in total. The quantitative estimate of drug-likeness (QED) is 0.907. The Kier molecular flexibility index (Phi) is 4.97. The van der Waals surface area contributed by atoms with E-state index < -0.39 is 0 Å². The fourth-order valence-corrected chi connectivity index (χ4v) is 2.71. The second kappa shape index (κ2) is 7.34. The standard InChI is InChI=1S/C19H19FN2O3/c1-13-4-9-17-16(11-13)22(19(24)12-25-17)10-2-3-18(23)21-15-7-5-14(20)6-8-15/h4-9,11H,2-3,10,12H2,1H3,(H,21,23). The van der Waals surface area contributed by atoms with Crippen LogP contribution < -0.4 is 15.0 Å². The van der Waals surface area contributed by atoms with E-state index in [1.807, 2.05) is 25.1 Å². The van der Waals surface area contributed by atoms with Gasteiger partial charge in [-0.1, -0.05) is 6.07 Å². The molecule has 6 heteroatoms. The number of benzene rings is 2. The summed E-state index contributed by atoms with van der Waals surface area (Å²) in [6.45, 7) is 2.40. The van der Waals surface area contributed by atoms with Crippen LogP contribution in [0.2, 0.25) is 0 Å². The van der Waals surface area contributed by atoms with Crippen molar-refractivity contribution < 1.29 is 18.7 Å². The lowest BCUT2D eigenvalue weighted by Crippen LogP contribution is -2.39. The van der Waals surface area contributed by atoms with Crippen molar-refractivity contribution in [2.45, 2.75) is 19.8 Å². The summed E-state index contributed by atoms with van der Waals surface area (Å²) < 4.78 is 18.3. The smallest absolute Gasteiger partial charge is 0.265 e. The fourth-order valence-electron chi connectivity index (χ4n) is 2.71. The van der Waals surface area contributed by atoms with Gasteiger partial charge in [0, 0.05) is 18.7 Å². The summed E-state index contributed by atoms with van der Waals surface area (Å²) in [4.78, 5) is 25.8. The first-order chi connectivity index (χ1) is 12.0.